The van der Waals surface area contributed by atoms with Crippen LogP contribution in [0.15, 0.2) is 41.1 Å². The van der Waals surface area contributed by atoms with E-state index in [1.165, 1.54) is 11.3 Å². The Balaban J connectivity index is 2.30. The molecule has 1 heterocycles. The smallest absolute Gasteiger partial charge is 0.258 e. The van der Waals surface area contributed by atoms with Crippen molar-refractivity contribution in [2.24, 2.45) is 0 Å². The predicted molar refractivity (Wildman–Crippen MR) is 67.9 cm³/mol. The zero-order chi connectivity index (χ0) is 11.5. The first-order chi connectivity index (χ1) is 7.70. The summed E-state index contributed by atoms with van der Waals surface area (Å²) in [7, 11) is 1.73. The van der Waals surface area contributed by atoms with Crippen LogP contribution in [0.2, 0.25) is 0 Å². The summed E-state index contributed by atoms with van der Waals surface area (Å²) in [6, 6.07) is 9.14. The zero-order valence-electron chi connectivity index (χ0n) is 8.88. The summed E-state index contributed by atoms with van der Waals surface area (Å²) < 4.78 is 0. The maximum absolute atomic E-state index is 12.0. The van der Waals surface area contributed by atoms with Crippen LogP contribution in [0, 0.1) is 0 Å². The van der Waals surface area contributed by atoms with Crippen molar-refractivity contribution in [1.82, 2.24) is 0 Å². The molecule has 1 amide bonds. The summed E-state index contributed by atoms with van der Waals surface area (Å²) in [6.45, 7) is 0. The van der Waals surface area contributed by atoms with Gasteiger partial charge in [0.15, 0.2) is 0 Å². The highest BCUT2D eigenvalue weighted by atomic mass is 32.1. The summed E-state index contributed by atoms with van der Waals surface area (Å²) in [5, 5.41) is 3.72. The Morgan fingerprint density at radius 3 is 2.69 bits per heavy atom. The number of benzene rings is 1. The minimum Gasteiger partial charge on any atom is -0.397 e. The van der Waals surface area contributed by atoms with E-state index >= 15 is 0 Å². The van der Waals surface area contributed by atoms with Gasteiger partial charge in [-0.1, -0.05) is 12.1 Å². The molecule has 0 bridgehead atoms. The highest BCUT2D eigenvalue weighted by Crippen LogP contribution is 2.23. The average Bonchev–Trinajstić information content (AvgIpc) is 2.81. The van der Waals surface area contributed by atoms with E-state index in [-0.39, 0.29) is 5.91 Å². The number of hydrogen-bond donors (Lipinski definition) is 1. The molecule has 1 aromatic carbocycles. The van der Waals surface area contributed by atoms with E-state index < -0.39 is 0 Å². The molecular weight excluding hydrogens is 220 g/mol. The van der Waals surface area contributed by atoms with E-state index in [2.05, 4.69) is 0 Å². The third kappa shape index (κ3) is 1.92. The molecule has 2 N–H and O–H groups in total. The summed E-state index contributed by atoms with van der Waals surface area (Å²) in [4.78, 5) is 13.6. The van der Waals surface area contributed by atoms with Gasteiger partial charge in [0.05, 0.1) is 16.9 Å². The van der Waals surface area contributed by atoms with Crippen molar-refractivity contribution in [1.29, 1.82) is 0 Å². The van der Waals surface area contributed by atoms with Gasteiger partial charge in [-0.05, 0) is 23.6 Å². The number of carbonyl (C=O) groups is 1. The molecule has 82 valence electrons. The fourth-order valence-corrected chi connectivity index (χ4v) is 2.11. The third-order valence-electron chi connectivity index (χ3n) is 2.37. The molecule has 0 saturated carbocycles. The van der Waals surface area contributed by atoms with Crippen LogP contribution in [-0.2, 0) is 0 Å². The number of carbonyl (C=O) groups excluding carboxylic acids is 1. The van der Waals surface area contributed by atoms with E-state index in [0.717, 1.165) is 5.69 Å². The SMILES string of the molecule is CN(C(=O)c1ccsc1)c1ccccc1N. The molecule has 0 radical (unpaired) electrons. The quantitative estimate of drug-likeness (QED) is 0.809. The Kier molecular flexibility index (Phi) is 2.92. The summed E-state index contributed by atoms with van der Waals surface area (Å²) in [5.41, 5.74) is 7.85. The molecule has 0 saturated heterocycles. The first-order valence-corrected chi connectivity index (χ1v) is 5.79. The van der Waals surface area contributed by atoms with E-state index in [4.69, 9.17) is 5.73 Å². The second-order valence-electron chi connectivity index (χ2n) is 3.44. The van der Waals surface area contributed by atoms with Gasteiger partial charge >= 0.3 is 0 Å². The van der Waals surface area contributed by atoms with Crippen molar-refractivity contribution in [2.45, 2.75) is 0 Å². The number of thiophene rings is 1. The minimum absolute atomic E-state index is 0.0425. The molecule has 0 aliphatic rings. The van der Waals surface area contributed by atoms with Gasteiger partial charge in [0.1, 0.15) is 0 Å². The topological polar surface area (TPSA) is 46.3 Å². The van der Waals surface area contributed by atoms with E-state index in [1.54, 1.807) is 18.0 Å². The monoisotopic (exact) mass is 232 g/mol. The van der Waals surface area contributed by atoms with Gasteiger partial charge in [-0.15, -0.1) is 0 Å². The van der Waals surface area contributed by atoms with Gasteiger partial charge in [0, 0.05) is 12.4 Å². The first-order valence-electron chi connectivity index (χ1n) is 4.85. The molecule has 16 heavy (non-hydrogen) atoms. The largest absolute Gasteiger partial charge is 0.397 e. The van der Waals surface area contributed by atoms with Gasteiger partial charge in [-0.3, -0.25) is 4.79 Å². The molecular formula is C12H12N2OS. The van der Waals surface area contributed by atoms with Crippen LogP contribution < -0.4 is 10.6 Å². The van der Waals surface area contributed by atoms with Crippen LogP contribution in [0.1, 0.15) is 10.4 Å². The number of nitrogens with zero attached hydrogens (tertiary/aromatic N) is 1. The van der Waals surface area contributed by atoms with E-state index in [0.29, 0.717) is 11.3 Å². The summed E-state index contributed by atoms with van der Waals surface area (Å²) in [5.74, 6) is -0.0425. The van der Waals surface area contributed by atoms with Crippen molar-refractivity contribution >= 4 is 28.6 Å². The van der Waals surface area contributed by atoms with Gasteiger partial charge in [-0.25, -0.2) is 0 Å². The van der Waals surface area contributed by atoms with Gasteiger partial charge in [-0.2, -0.15) is 11.3 Å². The number of nitrogens with two attached hydrogens (primary N) is 1. The van der Waals surface area contributed by atoms with Crippen LogP contribution in [-0.4, -0.2) is 13.0 Å². The maximum Gasteiger partial charge on any atom is 0.258 e. The fraction of sp³-hybridized carbons (Fsp3) is 0.0833. The summed E-state index contributed by atoms with van der Waals surface area (Å²) >= 11 is 1.51. The molecule has 2 rings (SSSR count). The lowest BCUT2D eigenvalue weighted by Crippen LogP contribution is -2.26. The van der Waals surface area contributed by atoms with Gasteiger partial charge in [0.25, 0.3) is 5.91 Å². The highest BCUT2D eigenvalue weighted by molar-refractivity contribution is 7.08. The molecule has 0 aliphatic carbocycles. The Morgan fingerprint density at radius 2 is 2.06 bits per heavy atom. The molecule has 0 spiro atoms. The summed E-state index contributed by atoms with van der Waals surface area (Å²) in [6.07, 6.45) is 0. The van der Waals surface area contributed by atoms with Crippen molar-refractivity contribution in [2.75, 3.05) is 17.7 Å². The predicted octanol–water partition coefficient (Wildman–Crippen LogP) is 2.61. The van der Waals surface area contributed by atoms with E-state index in [9.17, 15) is 4.79 Å². The van der Waals surface area contributed by atoms with E-state index in [1.807, 2.05) is 35.0 Å². The molecule has 3 nitrogen and oxygen atoms in total. The molecule has 0 unspecified atom stereocenters. The molecule has 1 aromatic heterocycles. The number of amides is 1. The van der Waals surface area contributed by atoms with Crippen molar-refractivity contribution in [3.8, 4) is 0 Å². The fourth-order valence-electron chi connectivity index (χ4n) is 1.48. The standard InChI is InChI=1S/C12H12N2OS/c1-14(11-5-3-2-4-10(11)13)12(15)9-6-7-16-8-9/h2-8H,13H2,1H3. The lowest BCUT2D eigenvalue weighted by Gasteiger charge is -2.18. The number of para-hydroxylation sites is 2. The van der Waals surface area contributed by atoms with Crippen LogP contribution >= 0.6 is 11.3 Å². The van der Waals surface area contributed by atoms with Gasteiger partial charge < -0.3 is 10.6 Å². The highest BCUT2D eigenvalue weighted by Gasteiger charge is 2.15. The number of anilines is 2. The minimum atomic E-state index is -0.0425. The lowest BCUT2D eigenvalue weighted by molar-refractivity contribution is 0.0993. The first kappa shape index (κ1) is 10.7. The molecule has 0 fully saturated rings. The molecule has 0 aliphatic heterocycles. The van der Waals surface area contributed by atoms with Crippen LogP contribution in [0.5, 0.6) is 0 Å². The molecule has 4 heteroatoms. The Labute approximate surface area is 98.1 Å². The normalized spacial score (nSPS) is 10.1. The lowest BCUT2D eigenvalue weighted by atomic mass is 10.2. The zero-order valence-corrected chi connectivity index (χ0v) is 9.70. The number of rotatable bonds is 2. The molecule has 0 atom stereocenters. The third-order valence-corrected chi connectivity index (χ3v) is 3.05. The molecule has 2 aromatic rings. The Bertz CT molecular complexity index is 493. The number of hydrogen-bond acceptors (Lipinski definition) is 3. The average molecular weight is 232 g/mol. The Hall–Kier alpha value is -1.81. The van der Waals surface area contributed by atoms with Crippen LogP contribution in [0.4, 0.5) is 11.4 Å². The van der Waals surface area contributed by atoms with Crippen LogP contribution in [0.3, 0.4) is 0 Å². The number of nitrogen functional groups attached to an aromatic ring is 1. The second kappa shape index (κ2) is 4.37. The van der Waals surface area contributed by atoms with Crippen molar-refractivity contribution < 1.29 is 4.79 Å². The Morgan fingerprint density at radius 1 is 1.31 bits per heavy atom. The van der Waals surface area contributed by atoms with Crippen LogP contribution in [0.25, 0.3) is 0 Å². The van der Waals surface area contributed by atoms with Gasteiger partial charge in [0.2, 0.25) is 0 Å². The maximum atomic E-state index is 12.0. The second-order valence-corrected chi connectivity index (χ2v) is 4.22. The van der Waals surface area contributed by atoms with Crippen molar-refractivity contribution in [3.63, 3.8) is 0 Å². The van der Waals surface area contributed by atoms with Crippen molar-refractivity contribution in [3.05, 3.63) is 46.7 Å².